The summed E-state index contributed by atoms with van der Waals surface area (Å²) in [5, 5.41) is 3.44. The molecular formula is C13H20BrNO. The lowest BCUT2D eigenvalue weighted by Gasteiger charge is -2.16. The van der Waals surface area contributed by atoms with Gasteiger partial charge in [-0.1, -0.05) is 34.1 Å². The molecule has 16 heavy (non-hydrogen) atoms. The van der Waals surface area contributed by atoms with Crippen LogP contribution in [0.15, 0.2) is 28.7 Å². The second kappa shape index (κ2) is 7.05. The van der Waals surface area contributed by atoms with E-state index in [1.807, 2.05) is 6.07 Å². The van der Waals surface area contributed by atoms with Crippen molar-refractivity contribution in [3.8, 4) is 0 Å². The molecule has 0 saturated carbocycles. The van der Waals surface area contributed by atoms with Crippen LogP contribution in [-0.4, -0.2) is 19.3 Å². The number of hydrogen-bond donors (Lipinski definition) is 1. The molecule has 1 aromatic carbocycles. The summed E-state index contributed by atoms with van der Waals surface area (Å²) in [5.74, 6) is 0. The van der Waals surface area contributed by atoms with Crippen LogP contribution in [0.5, 0.6) is 0 Å². The molecule has 1 aromatic rings. The second-order valence-corrected chi connectivity index (χ2v) is 4.97. The molecule has 1 unspecified atom stereocenters. The van der Waals surface area contributed by atoms with Crippen molar-refractivity contribution in [3.63, 3.8) is 0 Å². The maximum Gasteiger partial charge on any atom is 0.0594 e. The molecule has 0 aliphatic rings. The van der Waals surface area contributed by atoms with Gasteiger partial charge < -0.3 is 10.1 Å². The number of hydrogen-bond acceptors (Lipinski definition) is 2. The highest BCUT2D eigenvalue weighted by atomic mass is 79.9. The fourth-order valence-electron chi connectivity index (χ4n) is 1.51. The van der Waals surface area contributed by atoms with Crippen LogP contribution in [0.2, 0.25) is 0 Å². The van der Waals surface area contributed by atoms with Crippen LogP contribution in [0.1, 0.15) is 32.4 Å². The fourth-order valence-corrected chi connectivity index (χ4v) is 2.13. The molecule has 0 aliphatic heterocycles. The van der Waals surface area contributed by atoms with E-state index in [1.54, 1.807) is 0 Å². The van der Waals surface area contributed by atoms with Crippen molar-refractivity contribution >= 4 is 15.9 Å². The number of rotatable bonds is 6. The van der Waals surface area contributed by atoms with Crippen molar-refractivity contribution in [3.05, 3.63) is 34.3 Å². The number of nitrogens with one attached hydrogen (secondary N) is 1. The summed E-state index contributed by atoms with van der Waals surface area (Å²) in [7, 11) is 0. The molecule has 90 valence electrons. The van der Waals surface area contributed by atoms with E-state index < -0.39 is 0 Å². The normalized spacial score (nSPS) is 13.1. The lowest BCUT2D eigenvalue weighted by atomic mass is 10.1. The standard InChI is InChI=1S/C13H20BrNO/c1-10(2)16-9-8-15-11(3)12-6-4-5-7-13(12)14/h4-7,10-11,15H,8-9H2,1-3H3. The largest absolute Gasteiger partial charge is 0.377 e. The molecule has 0 heterocycles. The van der Waals surface area contributed by atoms with Gasteiger partial charge in [-0.25, -0.2) is 0 Å². The Morgan fingerprint density at radius 1 is 1.25 bits per heavy atom. The van der Waals surface area contributed by atoms with E-state index in [-0.39, 0.29) is 0 Å². The van der Waals surface area contributed by atoms with Gasteiger partial charge in [0.15, 0.2) is 0 Å². The fraction of sp³-hybridized carbons (Fsp3) is 0.538. The quantitative estimate of drug-likeness (QED) is 0.808. The maximum absolute atomic E-state index is 5.48. The Hall–Kier alpha value is -0.380. The summed E-state index contributed by atoms with van der Waals surface area (Å²) in [6.45, 7) is 7.90. The molecule has 1 rings (SSSR count). The summed E-state index contributed by atoms with van der Waals surface area (Å²) in [6.07, 6.45) is 0.306. The van der Waals surface area contributed by atoms with E-state index in [0.717, 1.165) is 17.6 Å². The molecule has 1 atom stereocenters. The Balaban J connectivity index is 2.35. The predicted octanol–water partition coefficient (Wildman–Crippen LogP) is 3.52. The molecule has 0 radical (unpaired) electrons. The smallest absolute Gasteiger partial charge is 0.0594 e. The minimum absolute atomic E-state index is 0.306. The second-order valence-electron chi connectivity index (χ2n) is 4.12. The molecule has 0 amide bonds. The summed E-state index contributed by atoms with van der Waals surface area (Å²) in [5.41, 5.74) is 1.28. The zero-order valence-electron chi connectivity index (χ0n) is 10.2. The first-order valence-corrected chi connectivity index (χ1v) is 6.50. The molecule has 0 saturated heterocycles. The van der Waals surface area contributed by atoms with Crippen LogP contribution in [0, 0.1) is 0 Å². The third-order valence-electron chi connectivity index (χ3n) is 2.38. The molecule has 0 aliphatic carbocycles. The highest BCUT2D eigenvalue weighted by molar-refractivity contribution is 9.10. The molecule has 3 heteroatoms. The van der Waals surface area contributed by atoms with Crippen molar-refractivity contribution in [2.75, 3.05) is 13.2 Å². The van der Waals surface area contributed by atoms with Gasteiger partial charge in [-0.2, -0.15) is 0 Å². The number of halogens is 1. The average molecular weight is 286 g/mol. The molecule has 0 aromatic heterocycles. The Bertz CT molecular complexity index is 315. The van der Waals surface area contributed by atoms with Gasteiger partial charge in [0.05, 0.1) is 12.7 Å². The van der Waals surface area contributed by atoms with Gasteiger partial charge in [-0.05, 0) is 32.4 Å². The van der Waals surface area contributed by atoms with Crippen molar-refractivity contribution < 1.29 is 4.74 Å². The lowest BCUT2D eigenvalue weighted by Crippen LogP contribution is -2.24. The van der Waals surface area contributed by atoms with E-state index >= 15 is 0 Å². The van der Waals surface area contributed by atoms with Gasteiger partial charge in [-0.3, -0.25) is 0 Å². The summed E-state index contributed by atoms with van der Waals surface area (Å²) in [6, 6.07) is 8.63. The maximum atomic E-state index is 5.48. The van der Waals surface area contributed by atoms with Gasteiger partial charge in [-0.15, -0.1) is 0 Å². The zero-order valence-corrected chi connectivity index (χ0v) is 11.8. The molecule has 0 bridgehead atoms. The van der Waals surface area contributed by atoms with Crippen molar-refractivity contribution in [1.82, 2.24) is 5.32 Å². The summed E-state index contributed by atoms with van der Waals surface area (Å²) < 4.78 is 6.64. The van der Waals surface area contributed by atoms with Crippen LogP contribution >= 0.6 is 15.9 Å². The van der Waals surface area contributed by atoms with Gasteiger partial charge in [0, 0.05) is 17.1 Å². The minimum Gasteiger partial charge on any atom is -0.377 e. The molecule has 0 fully saturated rings. The molecular weight excluding hydrogens is 266 g/mol. The van der Waals surface area contributed by atoms with E-state index in [4.69, 9.17) is 4.74 Å². The first-order chi connectivity index (χ1) is 7.61. The summed E-state index contributed by atoms with van der Waals surface area (Å²) >= 11 is 3.56. The van der Waals surface area contributed by atoms with E-state index in [1.165, 1.54) is 5.56 Å². The lowest BCUT2D eigenvalue weighted by molar-refractivity contribution is 0.0796. The Morgan fingerprint density at radius 3 is 2.56 bits per heavy atom. The topological polar surface area (TPSA) is 21.3 Å². The van der Waals surface area contributed by atoms with Crippen LogP contribution in [-0.2, 0) is 4.74 Å². The van der Waals surface area contributed by atoms with Crippen molar-refractivity contribution in [1.29, 1.82) is 0 Å². The van der Waals surface area contributed by atoms with Gasteiger partial charge in [0.2, 0.25) is 0 Å². The third-order valence-corrected chi connectivity index (χ3v) is 3.10. The van der Waals surface area contributed by atoms with Gasteiger partial charge in [0.1, 0.15) is 0 Å². The summed E-state index contributed by atoms with van der Waals surface area (Å²) in [4.78, 5) is 0. The Labute approximate surface area is 107 Å². The SMILES string of the molecule is CC(C)OCCNC(C)c1ccccc1Br. The third kappa shape index (κ3) is 4.64. The van der Waals surface area contributed by atoms with E-state index in [0.29, 0.717) is 12.1 Å². The van der Waals surface area contributed by atoms with E-state index in [9.17, 15) is 0 Å². The highest BCUT2D eigenvalue weighted by Crippen LogP contribution is 2.22. The molecule has 2 nitrogen and oxygen atoms in total. The molecule has 1 N–H and O–H groups in total. The monoisotopic (exact) mass is 285 g/mol. The minimum atomic E-state index is 0.306. The average Bonchev–Trinajstić information content (AvgIpc) is 2.24. The van der Waals surface area contributed by atoms with Crippen LogP contribution in [0.3, 0.4) is 0 Å². The van der Waals surface area contributed by atoms with Gasteiger partial charge >= 0.3 is 0 Å². The van der Waals surface area contributed by atoms with E-state index in [2.05, 4.69) is 60.2 Å². The molecule has 0 spiro atoms. The Kier molecular flexibility index (Phi) is 6.03. The number of ether oxygens (including phenoxy) is 1. The highest BCUT2D eigenvalue weighted by Gasteiger charge is 2.07. The first-order valence-electron chi connectivity index (χ1n) is 5.70. The van der Waals surface area contributed by atoms with Crippen molar-refractivity contribution in [2.24, 2.45) is 0 Å². The first kappa shape index (κ1) is 13.7. The predicted molar refractivity (Wildman–Crippen MR) is 71.6 cm³/mol. The van der Waals surface area contributed by atoms with Gasteiger partial charge in [0.25, 0.3) is 0 Å². The van der Waals surface area contributed by atoms with Crippen LogP contribution in [0.25, 0.3) is 0 Å². The van der Waals surface area contributed by atoms with Crippen LogP contribution in [0.4, 0.5) is 0 Å². The Morgan fingerprint density at radius 2 is 1.94 bits per heavy atom. The number of benzene rings is 1. The van der Waals surface area contributed by atoms with Crippen molar-refractivity contribution in [2.45, 2.75) is 32.9 Å². The zero-order chi connectivity index (χ0) is 12.0. The van der Waals surface area contributed by atoms with Crippen LogP contribution < -0.4 is 5.32 Å².